The van der Waals surface area contributed by atoms with E-state index in [2.05, 4.69) is 20.1 Å². The third-order valence-corrected chi connectivity index (χ3v) is 6.48. The van der Waals surface area contributed by atoms with E-state index in [-0.39, 0.29) is 24.2 Å². The molecule has 1 fully saturated rings. The fourth-order valence-corrected chi connectivity index (χ4v) is 4.57. The largest absolute Gasteiger partial charge is 0.385 e. The van der Waals surface area contributed by atoms with E-state index in [0.717, 1.165) is 34.9 Å². The molecule has 0 spiro atoms. The molecule has 0 atom stereocenters. The van der Waals surface area contributed by atoms with Gasteiger partial charge in [0.1, 0.15) is 5.71 Å². The number of imidazole rings is 1. The number of H-pyrrole nitrogens is 2. The number of rotatable bonds is 6. The van der Waals surface area contributed by atoms with Crippen molar-refractivity contribution in [1.29, 1.82) is 0 Å². The summed E-state index contributed by atoms with van der Waals surface area (Å²) in [5.74, 6) is -0.0652. The zero-order valence-electron chi connectivity index (χ0n) is 19.1. The van der Waals surface area contributed by atoms with E-state index in [4.69, 9.17) is 4.84 Å². The molecule has 1 saturated carbocycles. The lowest BCUT2D eigenvalue weighted by Crippen LogP contribution is -2.40. The van der Waals surface area contributed by atoms with Gasteiger partial charge in [0.15, 0.2) is 12.3 Å². The van der Waals surface area contributed by atoms with E-state index in [1.807, 2.05) is 66.5 Å². The summed E-state index contributed by atoms with van der Waals surface area (Å²) < 4.78 is 0. The van der Waals surface area contributed by atoms with Crippen molar-refractivity contribution in [2.75, 3.05) is 13.7 Å². The molecule has 0 bridgehead atoms. The van der Waals surface area contributed by atoms with Gasteiger partial charge >= 0.3 is 5.69 Å². The number of nitrogens with one attached hydrogen (secondary N) is 2. The SMILES string of the molecule is CN(C(=O)CO/N=C(\c1ccccc1)c1ccc2nc3[nH]c(=O)[nH]c3cc2c1)C1CCCCC1. The van der Waals surface area contributed by atoms with Gasteiger partial charge < -0.3 is 14.7 Å². The maximum absolute atomic E-state index is 12.7. The van der Waals surface area contributed by atoms with Crippen molar-refractivity contribution in [1.82, 2.24) is 19.9 Å². The zero-order valence-corrected chi connectivity index (χ0v) is 19.1. The van der Waals surface area contributed by atoms with Crippen LogP contribution in [0.1, 0.15) is 43.2 Å². The molecule has 2 heterocycles. The molecule has 0 aliphatic heterocycles. The van der Waals surface area contributed by atoms with E-state index in [9.17, 15) is 9.59 Å². The van der Waals surface area contributed by atoms with Crippen LogP contribution >= 0.6 is 0 Å². The Morgan fingerprint density at radius 3 is 2.65 bits per heavy atom. The minimum absolute atomic E-state index is 0.0652. The summed E-state index contributed by atoms with van der Waals surface area (Å²) in [5.41, 5.74) is 3.94. The van der Waals surface area contributed by atoms with E-state index < -0.39 is 0 Å². The summed E-state index contributed by atoms with van der Waals surface area (Å²) in [5, 5.41) is 5.25. The summed E-state index contributed by atoms with van der Waals surface area (Å²) in [6.45, 7) is -0.107. The molecule has 5 rings (SSSR count). The van der Waals surface area contributed by atoms with Crippen molar-refractivity contribution in [2.24, 2.45) is 5.16 Å². The number of oxime groups is 1. The lowest BCUT2D eigenvalue weighted by molar-refractivity contribution is -0.137. The van der Waals surface area contributed by atoms with Crippen LogP contribution in [0.3, 0.4) is 0 Å². The number of nitrogens with zero attached hydrogens (tertiary/aromatic N) is 3. The molecule has 8 heteroatoms. The van der Waals surface area contributed by atoms with Crippen molar-refractivity contribution in [3.8, 4) is 0 Å². The topological polar surface area (TPSA) is 103 Å². The standard InChI is InChI=1S/C26H27N5O3/c1-31(20-10-6-3-7-11-20)23(32)16-34-30-24(17-8-4-2-5-9-17)18-12-13-21-19(14-18)15-22-25(27-21)29-26(33)28-22/h2,4-5,8-9,12-15,20H,3,6-7,10-11,16H2,1H3,(H2,27,28,29,33)/b30-24+. The Bertz CT molecular complexity index is 1400. The minimum atomic E-state index is -0.291. The van der Waals surface area contributed by atoms with Gasteiger partial charge in [-0.3, -0.25) is 9.78 Å². The second-order valence-corrected chi connectivity index (χ2v) is 8.75. The average molecular weight is 458 g/mol. The zero-order chi connectivity index (χ0) is 23.5. The van der Waals surface area contributed by atoms with Crippen LogP contribution < -0.4 is 5.69 Å². The molecule has 1 aliphatic carbocycles. The molecular weight excluding hydrogens is 430 g/mol. The van der Waals surface area contributed by atoms with E-state index in [0.29, 0.717) is 16.9 Å². The Morgan fingerprint density at radius 2 is 1.85 bits per heavy atom. The number of pyridine rings is 1. The molecule has 2 aromatic heterocycles. The van der Waals surface area contributed by atoms with Gasteiger partial charge in [-0.2, -0.15) is 0 Å². The molecule has 0 unspecified atom stereocenters. The number of carbonyl (C=O) groups is 1. The number of benzene rings is 2. The molecule has 1 aliphatic rings. The monoisotopic (exact) mass is 457 g/mol. The number of hydrogen-bond donors (Lipinski definition) is 2. The molecule has 4 aromatic rings. The van der Waals surface area contributed by atoms with Crippen molar-refractivity contribution >= 4 is 33.7 Å². The highest BCUT2D eigenvalue weighted by molar-refractivity contribution is 6.14. The van der Waals surface area contributed by atoms with Crippen LogP contribution in [-0.4, -0.2) is 51.2 Å². The molecule has 2 N–H and O–H groups in total. The summed E-state index contributed by atoms with van der Waals surface area (Å²) in [4.78, 5) is 41.7. The smallest absolute Gasteiger partial charge is 0.325 e. The third-order valence-electron chi connectivity index (χ3n) is 6.48. The molecule has 1 amide bonds. The fraction of sp³-hybridized carbons (Fsp3) is 0.308. The van der Waals surface area contributed by atoms with Gasteiger partial charge in [-0.05, 0) is 31.0 Å². The number of aromatic nitrogens is 3. The molecule has 8 nitrogen and oxygen atoms in total. The molecule has 34 heavy (non-hydrogen) atoms. The Morgan fingerprint density at radius 1 is 1.06 bits per heavy atom. The summed E-state index contributed by atoms with van der Waals surface area (Å²) >= 11 is 0. The first-order valence-corrected chi connectivity index (χ1v) is 11.6. The summed E-state index contributed by atoms with van der Waals surface area (Å²) in [6.07, 6.45) is 5.67. The van der Waals surface area contributed by atoms with E-state index in [1.54, 1.807) is 0 Å². The maximum atomic E-state index is 12.7. The van der Waals surface area contributed by atoms with Crippen LogP contribution in [0, 0.1) is 0 Å². The van der Waals surface area contributed by atoms with E-state index in [1.165, 1.54) is 19.3 Å². The van der Waals surface area contributed by atoms with Crippen LogP contribution in [-0.2, 0) is 9.63 Å². The number of amides is 1. The first-order chi connectivity index (χ1) is 16.6. The normalized spacial score (nSPS) is 15.0. The molecule has 0 saturated heterocycles. The Balaban J connectivity index is 1.42. The second-order valence-electron chi connectivity index (χ2n) is 8.75. The predicted octanol–water partition coefficient (Wildman–Crippen LogP) is 3.96. The van der Waals surface area contributed by atoms with Crippen molar-refractivity contribution < 1.29 is 9.63 Å². The quantitative estimate of drug-likeness (QED) is 0.338. The fourth-order valence-electron chi connectivity index (χ4n) is 4.57. The van der Waals surface area contributed by atoms with Gasteiger partial charge in [-0.15, -0.1) is 0 Å². The first-order valence-electron chi connectivity index (χ1n) is 11.6. The maximum Gasteiger partial charge on any atom is 0.325 e. The highest BCUT2D eigenvalue weighted by Gasteiger charge is 2.22. The second kappa shape index (κ2) is 9.51. The van der Waals surface area contributed by atoms with Gasteiger partial charge in [0.05, 0.1) is 11.0 Å². The number of fused-ring (bicyclic) bond motifs is 2. The van der Waals surface area contributed by atoms with Crippen molar-refractivity contribution in [2.45, 2.75) is 38.1 Å². The lowest BCUT2D eigenvalue weighted by Gasteiger charge is -2.30. The Kier molecular flexibility index (Phi) is 6.12. The van der Waals surface area contributed by atoms with Crippen molar-refractivity contribution in [3.63, 3.8) is 0 Å². The third kappa shape index (κ3) is 4.57. The number of hydrogen-bond acceptors (Lipinski definition) is 5. The van der Waals surface area contributed by atoms with Gasteiger partial charge in [-0.25, -0.2) is 9.78 Å². The Hall–Kier alpha value is -3.94. The minimum Gasteiger partial charge on any atom is -0.385 e. The van der Waals surface area contributed by atoms with E-state index >= 15 is 0 Å². The van der Waals surface area contributed by atoms with Crippen LogP contribution in [0.5, 0.6) is 0 Å². The Labute approximate surface area is 196 Å². The molecule has 2 aromatic carbocycles. The highest BCUT2D eigenvalue weighted by atomic mass is 16.6. The average Bonchev–Trinajstić information content (AvgIpc) is 3.24. The first kappa shape index (κ1) is 21.9. The van der Waals surface area contributed by atoms with Crippen LogP contribution in [0.4, 0.5) is 0 Å². The van der Waals surface area contributed by atoms with Gasteiger partial charge in [-0.1, -0.05) is 60.8 Å². The van der Waals surface area contributed by atoms with Crippen LogP contribution in [0.15, 0.2) is 64.5 Å². The number of aromatic amines is 2. The summed E-state index contributed by atoms with van der Waals surface area (Å²) in [6, 6.07) is 17.6. The molecular formula is C26H27N5O3. The molecule has 174 valence electrons. The van der Waals surface area contributed by atoms with Crippen LogP contribution in [0.25, 0.3) is 22.1 Å². The highest BCUT2D eigenvalue weighted by Crippen LogP contribution is 2.22. The van der Waals surface area contributed by atoms with Crippen LogP contribution in [0.2, 0.25) is 0 Å². The van der Waals surface area contributed by atoms with Gasteiger partial charge in [0.25, 0.3) is 5.91 Å². The van der Waals surface area contributed by atoms with Gasteiger partial charge in [0, 0.05) is 29.6 Å². The molecule has 0 radical (unpaired) electrons. The van der Waals surface area contributed by atoms with Crippen molar-refractivity contribution in [3.05, 3.63) is 76.2 Å². The lowest BCUT2D eigenvalue weighted by atomic mass is 9.94. The summed E-state index contributed by atoms with van der Waals surface area (Å²) in [7, 11) is 1.85. The van der Waals surface area contributed by atoms with Gasteiger partial charge in [0.2, 0.25) is 0 Å². The number of carbonyl (C=O) groups excluding carboxylic acids is 1. The predicted molar refractivity (Wildman–Crippen MR) is 132 cm³/mol. The number of likely N-dealkylation sites (N-methyl/N-ethyl adjacent to an activating group) is 1.